The van der Waals surface area contributed by atoms with Gasteiger partial charge in [-0.05, 0) is 63.3 Å². The van der Waals surface area contributed by atoms with Gasteiger partial charge in [-0.2, -0.15) is 0 Å². The molecule has 1 fully saturated rings. The van der Waals surface area contributed by atoms with Crippen LogP contribution in [-0.4, -0.2) is 35.3 Å². The molecule has 6 nitrogen and oxygen atoms in total. The molecule has 2 atom stereocenters. The maximum absolute atomic E-state index is 12.6. The van der Waals surface area contributed by atoms with Gasteiger partial charge in [-0.3, -0.25) is 4.79 Å². The molecule has 6 heteroatoms. The monoisotopic (exact) mass is 332 g/mol. The van der Waals surface area contributed by atoms with Crippen LogP contribution in [0, 0.1) is 0 Å². The fourth-order valence-electron chi connectivity index (χ4n) is 3.27. The first-order valence-electron chi connectivity index (χ1n) is 8.36. The van der Waals surface area contributed by atoms with Gasteiger partial charge in [0.2, 0.25) is 5.91 Å². The highest BCUT2D eigenvalue weighted by Crippen LogP contribution is 2.34. The standard InChI is InChI=1S/C18H24N2O4/c1-18(2,3)24-17(23)19-14-8-9-20(16(14)22)12-5-6-13-11(10-12)4-7-15(13)21/h5-6,10,14-15,21H,4,7-9H2,1-3H3,(H,19,23)/t14-,15+/m0/s1. The number of rotatable bonds is 2. The first kappa shape index (κ1) is 16.8. The molecule has 0 radical (unpaired) electrons. The van der Waals surface area contributed by atoms with E-state index in [0.29, 0.717) is 13.0 Å². The van der Waals surface area contributed by atoms with Gasteiger partial charge in [0, 0.05) is 12.2 Å². The maximum atomic E-state index is 12.6. The van der Waals surface area contributed by atoms with E-state index in [0.717, 1.165) is 29.7 Å². The van der Waals surface area contributed by atoms with Crippen molar-refractivity contribution in [3.63, 3.8) is 0 Å². The fourth-order valence-corrected chi connectivity index (χ4v) is 3.27. The minimum absolute atomic E-state index is 0.126. The number of fused-ring (bicyclic) bond motifs is 1. The second-order valence-corrected chi connectivity index (χ2v) is 7.41. The Hall–Kier alpha value is -2.08. The third-order valence-corrected chi connectivity index (χ3v) is 4.38. The van der Waals surface area contributed by atoms with E-state index in [-0.39, 0.29) is 5.91 Å². The van der Waals surface area contributed by atoms with Gasteiger partial charge >= 0.3 is 6.09 Å². The van der Waals surface area contributed by atoms with Crippen LogP contribution >= 0.6 is 0 Å². The Morgan fingerprint density at radius 3 is 2.79 bits per heavy atom. The molecular weight excluding hydrogens is 308 g/mol. The molecule has 0 saturated carbocycles. The summed E-state index contributed by atoms with van der Waals surface area (Å²) in [5.74, 6) is -0.126. The number of benzene rings is 1. The average molecular weight is 332 g/mol. The highest BCUT2D eigenvalue weighted by Gasteiger charge is 2.35. The van der Waals surface area contributed by atoms with E-state index in [4.69, 9.17) is 4.74 Å². The zero-order valence-electron chi connectivity index (χ0n) is 14.3. The Morgan fingerprint density at radius 2 is 2.08 bits per heavy atom. The van der Waals surface area contributed by atoms with E-state index < -0.39 is 23.8 Å². The average Bonchev–Trinajstić information content (AvgIpc) is 3.01. The van der Waals surface area contributed by atoms with E-state index in [1.54, 1.807) is 25.7 Å². The van der Waals surface area contributed by atoms with Crippen LogP contribution in [0.25, 0.3) is 0 Å². The van der Waals surface area contributed by atoms with Gasteiger partial charge in [0.05, 0.1) is 6.10 Å². The Morgan fingerprint density at radius 1 is 1.33 bits per heavy atom. The lowest BCUT2D eigenvalue weighted by Gasteiger charge is -2.22. The van der Waals surface area contributed by atoms with Crippen molar-refractivity contribution in [1.82, 2.24) is 5.32 Å². The highest BCUT2D eigenvalue weighted by molar-refractivity contribution is 6.01. The Bertz CT molecular complexity index is 665. The van der Waals surface area contributed by atoms with Crippen LogP contribution in [0.15, 0.2) is 18.2 Å². The minimum Gasteiger partial charge on any atom is -0.444 e. The number of aliphatic hydroxyl groups excluding tert-OH is 1. The number of amides is 2. The summed E-state index contributed by atoms with van der Waals surface area (Å²) < 4.78 is 5.21. The number of aryl methyl sites for hydroxylation is 1. The van der Waals surface area contributed by atoms with Crippen LogP contribution in [-0.2, 0) is 16.0 Å². The predicted octanol–water partition coefficient (Wildman–Crippen LogP) is 2.30. The van der Waals surface area contributed by atoms with Gasteiger partial charge in [0.1, 0.15) is 11.6 Å². The lowest BCUT2D eigenvalue weighted by molar-refractivity contribution is -0.118. The summed E-state index contributed by atoms with van der Waals surface area (Å²) in [6.45, 7) is 5.91. The lowest BCUT2D eigenvalue weighted by atomic mass is 10.1. The Labute approximate surface area is 141 Å². The summed E-state index contributed by atoms with van der Waals surface area (Å²) in [5.41, 5.74) is 2.28. The molecule has 1 aliphatic heterocycles. The number of anilines is 1. The maximum Gasteiger partial charge on any atom is 0.408 e. The molecule has 0 aromatic heterocycles. The van der Waals surface area contributed by atoms with Crippen LogP contribution in [0.1, 0.15) is 50.8 Å². The zero-order valence-corrected chi connectivity index (χ0v) is 14.3. The molecule has 24 heavy (non-hydrogen) atoms. The molecule has 2 amide bonds. The van der Waals surface area contributed by atoms with Crippen LogP contribution in [0.5, 0.6) is 0 Å². The van der Waals surface area contributed by atoms with Crippen LogP contribution in [0.4, 0.5) is 10.5 Å². The summed E-state index contributed by atoms with van der Waals surface area (Å²) in [5, 5.41) is 12.5. The number of nitrogens with zero attached hydrogens (tertiary/aromatic N) is 1. The van der Waals surface area contributed by atoms with Crippen molar-refractivity contribution in [1.29, 1.82) is 0 Å². The molecular formula is C18H24N2O4. The molecule has 1 aliphatic carbocycles. The highest BCUT2D eigenvalue weighted by atomic mass is 16.6. The molecule has 1 aromatic carbocycles. The van der Waals surface area contributed by atoms with Crippen molar-refractivity contribution >= 4 is 17.7 Å². The molecule has 3 rings (SSSR count). The predicted molar refractivity (Wildman–Crippen MR) is 89.9 cm³/mol. The number of aliphatic hydroxyl groups is 1. The van der Waals surface area contributed by atoms with E-state index in [1.807, 2.05) is 18.2 Å². The van der Waals surface area contributed by atoms with E-state index >= 15 is 0 Å². The summed E-state index contributed by atoms with van der Waals surface area (Å²) in [7, 11) is 0. The summed E-state index contributed by atoms with van der Waals surface area (Å²) >= 11 is 0. The largest absolute Gasteiger partial charge is 0.444 e. The Balaban J connectivity index is 1.67. The first-order valence-corrected chi connectivity index (χ1v) is 8.36. The number of nitrogens with one attached hydrogen (secondary N) is 1. The van der Waals surface area contributed by atoms with E-state index in [2.05, 4.69) is 5.32 Å². The molecule has 1 saturated heterocycles. The molecule has 2 aliphatic rings. The molecule has 2 N–H and O–H groups in total. The minimum atomic E-state index is -0.591. The van der Waals surface area contributed by atoms with Crippen molar-refractivity contribution in [2.45, 2.75) is 57.8 Å². The molecule has 0 bridgehead atoms. The van der Waals surface area contributed by atoms with Crippen LogP contribution in [0.2, 0.25) is 0 Å². The first-order chi connectivity index (χ1) is 11.2. The zero-order chi connectivity index (χ0) is 17.5. The molecule has 130 valence electrons. The van der Waals surface area contributed by atoms with Gasteiger partial charge in [0.15, 0.2) is 0 Å². The molecule has 1 aromatic rings. The van der Waals surface area contributed by atoms with Crippen molar-refractivity contribution in [3.8, 4) is 0 Å². The number of ether oxygens (including phenoxy) is 1. The van der Waals surface area contributed by atoms with Crippen molar-refractivity contribution in [2.75, 3.05) is 11.4 Å². The van der Waals surface area contributed by atoms with Crippen LogP contribution in [0.3, 0.4) is 0 Å². The topological polar surface area (TPSA) is 78.9 Å². The third-order valence-electron chi connectivity index (χ3n) is 4.38. The summed E-state index contributed by atoms with van der Waals surface area (Å²) in [4.78, 5) is 26.1. The van der Waals surface area contributed by atoms with E-state index in [9.17, 15) is 14.7 Å². The van der Waals surface area contributed by atoms with Crippen molar-refractivity contribution < 1.29 is 19.4 Å². The molecule has 1 heterocycles. The van der Waals surface area contributed by atoms with Gasteiger partial charge in [-0.25, -0.2) is 4.79 Å². The quantitative estimate of drug-likeness (QED) is 0.871. The lowest BCUT2D eigenvalue weighted by Crippen LogP contribution is -2.43. The number of carbonyl (C=O) groups is 2. The number of alkyl carbamates (subject to hydrolysis) is 1. The van der Waals surface area contributed by atoms with E-state index in [1.165, 1.54) is 0 Å². The number of carbonyl (C=O) groups excluding carboxylic acids is 2. The van der Waals surface area contributed by atoms with Gasteiger partial charge in [-0.1, -0.05) is 6.07 Å². The van der Waals surface area contributed by atoms with Crippen LogP contribution < -0.4 is 10.2 Å². The second kappa shape index (κ2) is 6.09. The van der Waals surface area contributed by atoms with Gasteiger partial charge in [-0.15, -0.1) is 0 Å². The van der Waals surface area contributed by atoms with Gasteiger partial charge in [0.25, 0.3) is 0 Å². The molecule has 0 unspecified atom stereocenters. The second-order valence-electron chi connectivity index (χ2n) is 7.41. The summed E-state index contributed by atoms with van der Waals surface area (Å²) in [6, 6.07) is 5.17. The van der Waals surface area contributed by atoms with Gasteiger partial charge < -0.3 is 20.1 Å². The van der Waals surface area contributed by atoms with Crippen molar-refractivity contribution in [3.05, 3.63) is 29.3 Å². The normalized spacial score (nSPS) is 23.3. The SMILES string of the molecule is CC(C)(C)OC(=O)N[C@H]1CCN(c2ccc3c(c2)CC[C@H]3O)C1=O. The number of hydrogen-bond acceptors (Lipinski definition) is 4. The fraction of sp³-hybridized carbons (Fsp3) is 0.556. The number of hydrogen-bond donors (Lipinski definition) is 2. The molecule has 0 spiro atoms. The Kier molecular flexibility index (Phi) is 4.25. The van der Waals surface area contributed by atoms with Crippen molar-refractivity contribution in [2.24, 2.45) is 0 Å². The third kappa shape index (κ3) is 3.38. The summed E-state index contributed by atoms with van der Waals surface area (Å²) in [6.07, 6.45) is 1.14. The smallest absolute Gasteiger partial charge is 0.408 e.